The molecule has 1 atom stereocenters. The molecule has 0 spiro atoms. The van der Waals surface area contributed by atoms with E-state index >= 15 is 0 Å². The van der Waals surface area contributed by atoms with Crippen LogP contribution < -0.4 is 5.32 Å². The zero-order valence-corrected chi connectivity index (χ0v) is 14.5. The maximum Gasteiger partial charge on any atom is 0.216 e. The zero-order chi connectivity index (χ0) is 16.2. The standard InChI is InChI=1S/C16H33N3O3/c1-4-15(2)19-8-6-18(7-9-19)10-12-22-14-13-21-11-5-17-16(3)20/h15H,4-14H2,1-3H3,(H,17,20). The molecule has 0 saturated carbocycles. The van der Waals surface area contributed by atoms with Crippen LogP contribution in [0.2, 0.25) is 0 Å². The summed E-state index contributed by atoms with van der Waals surface area (Å²) < 4.78 is 11.0. The molecule has 1 fully saturated rings. The van der Waals surface area contributed by atoms with Crippen molar-refractivity contribution in [1.29, 1.82) is 0 Å². The van der Waals surface area contributed by atoms with Gasteiger partial charge >= 0.3 is 0 Å². The summed E-state index contributed by atoms with van der Waals surface area (Å²) >= 11 is 0. The van der Waals surface area contributed by atoms with E-state index in [9.17, 15) is 4.79 Å². The van der Waals surface area contributed by atoms with Crippen LogP contribution >= 0.6 is 0 Å². The fourth-order valence-electron chi connectivity index (χ4n) is 2.50. The Balaban J connectivity index is 1.88. The Hall–Kier alpha value is -0.690. The van der Waals surface area contributed by atoms with Gasteiger partial charge in [0.1, 0.15) is 0 Å². The minimum atomic E-state index is -0.0201. The molecule has 1 saturated heterocycles. The number of rotatable bonds is 11. The van der Waals surface area contributed by atoms with Gasteiger partial charge in [-0.25, -0.2) is 0 Å². The number of ether oxygens (including phenoxy) is 2. The van der Waals surface area contributed by atoms with Gasteiger partial charge in [-0.2, -0.15) is 0 Å². The number of piperazine rings is 1. The summed E-state index contributed by atoms with van der Waals surface area (Å²) in [7, 11) is 0. The van der Waals surface area contributed by atoms with Crippen molar-refractivity contribution in [2.45, 2.75) is 33.2 Å². The Labute approximate surface area is 135 Å². The minimum Gasteiger partial charge on any atom is -0.378 e. The lowest BCUT2D eigenvalue weighted by molar-refractivity contribution is -0.119. The average molecular weight is 315 g/mol. The third kappa shape index (κ3) is 8.68. The van der Waals surface area contributed by atoms with Gasteiger partial charge in [0.2, 0.25) is 5.91 Å². The Morgan fingerprint density at radius 1 is 1.09 bits per heavy atom. The van der Waals surface area contributed by atoms with Crippen molar-refractivity contribution < 1.29 is 14.3 Å². The van der Waals surface area contributed by atoms with Gasteiger partial charge in [-0.3, -0.25) is 14.6 Å². The second-order valence-corrected chi connectivity index (χ2v) is 5.84. The highest BCUT2D eigenvalue weighted by Gasteiger charge is 2.19. The maximum atomic E-state index is 10.6. The topological polar surface area (TPSA) is 54.0 Å². The molecule has 1 amide bonds. The lowest BCUT2D eigenvalue weighted by Crippen LogP contribution is -2.50. The Morgan fingerprint density at radius 3 is 2.32 bits per heavy atom. The summed E-state index contributed by atoms with van der Waals surface area (Å²) in [6.07, 6.45) is 1.23. The van der Waals surface area contributed by atoms with Gasteiger partial charge in [0, 0.05) is 52.2 Å². The first kappa shape index (κ1) is 19.4. The van der Waals surface area contributed by atoms with Gasteiger partial charge in [0.05, 0.1) is 26.4 Å². The predicted octanol–water partition coefficient (Wildman–Crippen LogP) is 0.572. The molecule has 0 aromatic rings. The van der Waals surface area contributed by atoms with E-state index in [1.54, 1.807) is 0 Å². The molecule has 0 aromatic heterocycles. The van der Waals surface area contributed by atoms with Crippen molar-refractivity contribution in [3.8, 4) is 0 Å². The average Bonchev–Trinajstić information content (AvgIpc) is 2.53. The van der Waals surface area contributed by atoms with Crippen LogP contribution in [0, 0.1) is 0 Å². The zero-order valence-electron chi connectivity index (χ0n) is 14.5. The van der Waals surface area contributed by atoms with E-state index in [2.05, 4.69) is 29.0 Å². The molecule has 1 N–H and O–H groups in total. The molecule has 0 radical (unpaired) electrons. The lowest BCUT2D eigenvalue weighted by atomic mass is 10.2. The summed E-state index contributed by atoms with van der Waals surface area (Å²) in [5.41, 5.74) is 0. The van der Waals surface area contributed by atoms with Crippen molar-refractivity contribution in [3.05, 3.63) is 0 Å². The SMILES string of the molecule is CCC(C)N1CCN(CCOCCOCCNC(C)=O)CC1. The maximum absolute atomic E-state index is 10.6. The molecular weight excluding hydrogens is 282 g/mol. The molecule has 1 unspecified atom stereocenters. The smallest absolute Gasteiger partial charge is 0.216 e. The van der Waals surface area contributed by atoms with E-state index in [4.69, 9.17) is 9.47 Å². The van der Waals surface area contributed by atoms with Crippen LogP contribution in [0.4, 0.5) is 0 Å². The first-order valence-corrected chi connectivity index (χ1v) is 8.49. The van der Waals surface area contributed by atoms with Crippen molar-refractivity contribution >= 4 is 5.91 Å². The summed E-state index contributed by atoms with van der Waals surface area (Å²) in [5.74, 6) is -0.0201. The van der Waals surface area contributed by atoms with Crippen LogP contribution in [0.3, 0.4) is 0 Å². The Kier molecular flexibility index (Phi) is 10.4. The third-order valence-electron chi connectivity index (χ3n) is 4.17. The molecule has 6 nitrogen and oxygen atoms in total. The van der Waals surface area contributed by atoms with Crippen LogP contribution in [0.5, 0.6) is 0 Å². The van der Waals surface area contributed by atoms with Gasteiger partial charge in [-0.05, 0) is 13.3 Å². The molecule has 1 aliphatic rings. The molecule has 0 aromatic carbocycles. The highest BCUT2D eigenvalue weighted by Crippen LogP contribution is 2.08. The quantitative estimate of drug-likeness (QED) is 0.565. The molecule has 6 heteroatoms. The van der Waals surface area contributed by atoms with Crippen LogP contribution in [-0.4, -0.2) is 87.4 Å². The number of amides is 1. The van der Waals surface area contributed by atoms with Crippen LogP contribution in [0.1, 0.15) is 27.2 Å². The molecule has 1 heterocycles. The van der Waals surface area contributed by atoms with E-state index in [0.717, 1.165) is 26.2 Å². The van der Waals surface area contributed by atoms with E-state index in [1.807, 2.05) is 0 Å². The first-order valence-electron chi connectivity index (χ1n) is 8.49. The molecule has 130 valence electrons. The van der Waals surface area contributed by atoms with Gasteiger partial charge in [-0.1, -0.05) is 6.92 Å². The van der Waals surface area contributed by atoms with Crippen molar-refractivity contribution in [2.75, 3.05) is 65.7 Å². The van der Waals surface area contributed by atoms with E-state index < -0.39 is 0 Å². The van der Waals surface area contributed by atoms with Gasteiger partial charge in [0.15, 0.2) is 0 Å². The van der Waals surface area contributed by atoms with Gasteiger partial charge in [0.25, 0.3) is 0 Å². The fourth-order valence-corrected chi connectivity index (χ4v) is 2.50. The molecular formula is C16H33N3O3. The van der Waals surface area contributed by atoms with Gasteiger partial charge in [-0.15, -0.1) is 0 Å². The monoisotopic (exact) mass is 315 g/mol. The van der Waals surface area contributed by atoms with Crippen molar-refractivity contribution in [1.82, 2.24) is 15.1 Å². The van der Waals surface area contributed by atoms with E-state index in [1.165, 1.54) is 26.4 Å². The van der Waals surface area contributed by atoms with Crippen LogP contribution in [0.25, 0.3) is 0 Å². The molecule has 0 aliphatic carbocycles. The number of nitrogens with one attached hydrogen (secondary N) is 1. The third-order valence-corrected chi connectivity index (χ3v) is 4.17. The number of hydrogen-bond acceptors (Lipinski definition) is 5. The fraction of sp³-hybridized carbons (Fsp3) is 0.938. The number of carbonyl (C=O) groups is 1. The largest absolute Gasteiger partial charge is 0.378 e. The van der Waals surface area contributed by atoms with Crippen molar-refractivity contribution in [3.63, 3.8) is 0 Å². The highest BCUT2D eigenvalue weighted by atomic mass is 16.5. The molecule has 0 bridgehead atoms. The summed E-state index contributed by atoms with van der Waals surface area (Å²) in [6, 6.07) is 0.702. The van der Waals surface area contributed by atoms with E-state index in [0.29, 0.717) is 32.4 Å². The first-order chi connectivity index (χ1) is 10.6. The molecule has 22 heavy (non-hydrogen) atoms. The summed E-state index contributed by atoms with van der Waals surface area (Å²) in [4.78, 5) is 15.7. The van der Waals surface area contributed by atoms with Crippen LogP contribution in [0.15, 0.2) is 0 Å². The number of nitrogens with zero attached hydrogens (tertiary/aromatic N) is 2. The highest BCUT2D eigenvalue weighted by molar-refractivity contribution is 5.72. The van der Waals surface area contributed by atoms with E-state index in [-0.39, 0.29) is 5.91 Å². The summed E-state index contributed by atoms with van der Waals surface area (Å²) in [5, 5.41) is 2.69. The van der Waals surface area contributed by atoms with Crippen LogP contribution in [-0.2, 0) is 14.3 Å². The molecule has 1 rings (SSSR count). The number of hydrogen-bond donors (Lipinski definition) is 1. The summed E-state index contributed by atoms with van der Waals surface area (Å²) in [6.45, 7) is 14.8. The normalized spacial score (nSPS) is 18.3. The van der Waals surface area contributed by atoms with Crippen molar-refractivity contribution in [2.24, 2.45) is 0 Å². The van der Waals surface area contributed by atoms with Gasteiger partial charge < -0.3 is 14.8 Å². The Morgan fingerprint density at radius 2 is 1.73 bits per heavy atom. The predicted molar refractivity (Wildman–Crippen MR) is 88.1 cm³/mol. The minimum absolute atomic E-state index is 0.0201. The second kappa shape index (κ2) is 11.8. The lowest BCUT2D eigenvalue weighted by Gasteiger charge is -2.37. The second-order valence-electron chi connectivity index (χ2n) is 5.84. The number of carbonyl (C=O) groups excluding carboxylic acids is 1. The Bertz CT molecular complexity index is 294. The molecule has 1 aliphatic heterocycles.